The van der Waals surface area contributed by atoms with E-state index < -0.39 is 0 Å². The van der Waals surface area contributed by atoms with Gasteiger partial charge >= 0.3 is 0 Å². The van der Waals surface area contributed by atoms with E-state index in [-0.39, 0.29) is 0 Å². The number of hydrogen-bond donors (Lipinski definition) is 1. The predicted octanol–water partition coefficient (Wildman–Crippen LogP) is 4.28. The van der Waals surface area contributed by atoms with Gasteiger partial charge in [0.25, 0.3) is 0 Å². The van der Waals surface area contributed by atoms with Crippen LogP contribution in [-0.2, 0) is 6.54 Å². The molecule has 3 heterocycles. The second-order valence-corrected chi connectivity index (χ2v) is 10.0. The maximum atomic E-state index is 6.32. The number of likely N-dealkylation sites (N-methyl/N-ethyl adjacent to an activating group) is 2. The number of fused-ring (bicyclic) bond motifs is 7. The maximum absolute atomic E-state index is 6.32. The van der Waals surface area contributed by atoms with Crippen molar-refractivity contribution in [3.05, 3.63) is 72.4 Å². The average molecular weight is 515 g/mol. The molecule has 200 valence electrons. The Labute approximate surface area is 225 Å². The van der Waals surface area contributed by atoms with Gasteiger partial charge in [0, 0.05) is 68.8 Å². The first-order valence-corrected chi connectivity index (χ1v) is 13.5. The minimum Gasteiger partial charge on any atom is -0.493 e. The molecule has 2 aliphatic rings. The topological polar surface area (TPSA) is 66.0 Å². The Balaban J connectivity index is 1.36. The van der Waals surface area contributed by atoms with E-state index in [2.05, 4.69) is 63.4 Å². The van der Waals surface area contributed by atoms with Gasteiger partial charge in [-0.15, -0.1) is 0 Å². The van der Waals surface area contributed by atoms with Crippen molar-refractivity contribution in [2.75, 3.05) is 71.9 Å². The first-order chi connectivity index (χ1) is 18.6. The van der Waals surface area contributed by atoms with Crippen LogP contribution in [0.15, 0.2) is 66.9 Å². The zero-order valence-corrected chi connectivity index (χ0v) is 22.5. The van der Waals surface area contributed by atoms with Crippen molar-refractivity contribution in [2.45, 2.75) is 13.0 Å². The Morgan fingerprint density at radius 1 is 0.974 bits per heavy atom. The number of nitrogens with one attached hydrogen (secondary N) is 1. The van der Waals surface area contributed by atoms with Gasteiger partial charge < -0.3 is 19.7 Å². The predicted molar refractivity (Wildman–Crippen MR) is 152 cm³/mol. The molecule has 1 N–H and O–H groups in total. The number of hydrogen-bond acceptors (Lipinski definition) is 8. The summed E-state index contributed by atoms with van der Waals surface area (Å²) in [5.41, 5.74) is 3.91. The number of aromatic nitrogens is 2. The molecule has 1 aromatic heterocycles. The van der Waals surface area contributed by atoms with Crippen LogP contribution >= 0.6 is 0 Å². The zero-order chi connectivity index (χ0) is 26.2. The van der Waals surface area contributed by atoms with E-state index in [0.29, 0.717) is 19.2 Å². The smallest absolute Gasteiger partial charge is 0.227 e. The Bertz CT molecular complexity index is 1220. The Morgan fingerprint density at radius 3 is 2.76 bits per heavy atom. The summed E-state index contributed by atoms with van der Waals surface area (Å²) in [5, 5.41) is 3.40. The van der Waals surface area contributed by atoms with Crippen LogP contribution in [0.5, 0.6) is 11.5 Å². The van der Waals surface area contributed by atoms with Crippen molar-refractivity contribution in [3.8, 4) is 22.8 Å². The van der Waals surface area contributed by atoms with E-state index in [4.69, 9.17) is 14.5 Å². The minimum atomic E-state index is 0.556. The molecule has 0 amide bonds. The van der Waals surface area contributed by atoms with E-state index in [9.17, 15) is 0 Å². The highest BCUT2D eigenvalue weighted by Crippen LogP contribution is 2.27. The summed E-state index contributed by atoms with van der Waals surface area (Å²) in [5.74, 6) is 2.32. The van der Waals surface area contributed by atoms with Crippen LogP contribution in [0.3, 0.4) is 0 Å². The molecule has 0 spiro atoms. The van der Waals surface area contributed by atoms with Crippen LogP contribution in [0.2, 0.25) is 0 Å². The van der Waals surface area contributed by atoms with Crippen LogP contribution in [0, 0.1) is 0 Å². The maximum Gasteiger partial charge on any atom is 0.227 e. The molecule has 1 saturated heterocycles. The lowest BCUT2D eigenvalue weighted by Gasteiger charge is -2.32. The lowest BCUT2D eigenvalue weighted by molar-refractivity contribution is 0.133. The minimum absolute atomic E-state index is 0.556. The molecule has 0 saturated carbocycles. The number of rotatable bonds is 4. The first kappa shape index (κ1) is 26.2. The summed E-state index contributed by atoms with van der Waals surface area (Å²) >= 11 is 0. The molecular formula is C30H38N6O2. The third kappa shape index (κ3) is 7.31. The standard InChI is InChI=1S/C30H38N6O2/c1-34-14-16-36(17-15-34)18-20-38-29-10-9-26-21-25(29)23-35(2)13-4-3-5-19-37-27-8-6-7-24(22-27)28-11-12-31-30(32-26)33-28/h3-4,6-12,21-22H,5,13-20,23H2,1-2H3,(H,31,32,33)/b4-3+. The van der Waals surface area contributed by atoms with Crippen molar-refractivity contribution in [1.29, 1.82) is 0 Å². The van der Waals surface area contributed by atoms with E-state index in [0.717, 1.165) is 86.2 Å². The fraction of sp³-hybridized carbons (Fsp3) is 0.400. The molecule has 5 rings (SSSR count). The van der Waals surface area contributed by atoms with Gasteiger partial charge in [0.1, 0.15) is 18.1 Å². The molecule has 0 aliphatic carbocycles. The third-order valence-corrected chi connectivity index (χ3v) is 6.94. The molecule has 2 aromatic carbocycles. The summed E-state index contributed by atoms with van der Waals surface area (Å²) in [6.45, 7) is 8.29. The number of anilines is 2. The Morgan fingerprint density at radius 2 is 1.87 bits per heavy atom. The molecular weight excluding hydrogens is 476 g/mol. The van der Waals surface area contributed by atoms with Crippen molar-refractivity contribution in [2.24, 2.45) is 0 Å². The van der Waals surface area contributed by atoms with Crippen molar-refractivity contribution in [1.82, 2.24) is 24.7 Å². The SMILES string of the molecule is CN1CCN(CCOc2ccc3cc2CN(C)C/C=C/CCOc2cccc(c2)-c2ccnc(n2)N3)CC1. The number of nitrogens with zero attached hydrogens (tertiary/aromatic N) is 5. The lowest BCUT2D eigenvalue weighted by Crippen LogP contribution is -2.45. The Kier molecular flexibility index (Phi) is 8.86. The highest BCUT2D eigenvalue weighted by atomic mass is 16.5. The van der Waals surface area contributed by atoms with E-state index >= 15 is 0 Å². The average Bonchev–Trinajstić information content (AvgIpc) is 2.93. The fourth-order valence-electron chi connectivity index (χ4n) is 4.70. The fourth-order valence-corrected chi connectivity index (χ4v) is 4.70. The molecule has 0 radical (unpaired) electrons. The van der Waals surface area contributed by atoms with Crippen LogP contribution in [0.4, 0.5) is 11.6 Å². The van der Waals surface area contributed by atoms with Crippen LogP contribution < -0.4 is 14.8 Å². The van der Waals surface area contributed by atoms with E-state index in [1.807, 2.05) is 36.4 Å². The molecule has 8 nitrogen and oxygen atoms in total. The molecule has 6 bridgehead atoms. The second-order valence-electron chi connectivity index (χ2n) is 10.0. The molecule has 0 atom stereocenters. The highest BCUT2D eigenvalue weighted by molar-refractivity contribution is 5.64. The summed E-state index contributed by atoms with van der Waals surface area (Å²) in [6, 6.07) is 16.2. The molecule has 1 fully saturated rings. The second kappa shape index (κ2) is 12.9. The van der Waals surface area contributed by atoms with Gasteiger partial charge in [-0.05, 0) is 56.9 Å². The van der Waals surface area contributed by atoms with E-state index in [1.54, 1.807) is 6.20 Å². The van der Waals surface area contributed by atoms with Gasteiger partial charge in [0.2, 0.25) is 5.95 Å². The monoisotopic (exact) mass is 514 g/mol. The van der Waals surface area contributed by atoms with Crippen LogP contribution in [-0.4, -0.2) is 91.2 Å². The molecule has 8 heteroatoms. The number of piperazine rings is 1. The number of benzene rings is 2. The molecule has 38 heavy (non-hydrogen) atoms. The molecule has 2 aliphatic heterocycles. The molecule has 0 unspecified atom stereocenters. The van der Waals surface area contributed by atoms with Crippen LogP contribution in [0.25, 0.3) is 11.3 Å². The van der Waals surface area contributed by atoms with Gasteiger partial charge in [-0.3, -0.25) is 9.80 Å². The zero-order valence-electron chi connectivity index (χ0n) is 22.5. The van der Waals surface area contributed by atoms with Crippen molar-refractivity contribution >= 4 is 11.6 Å². The normalized spacial score (nSPS) is 18.5. The highest BCUT2D eigenvalue weighted by Gasteiger charge is 2.15. The number of ether oxygens (including phenoxy) is 2. The van der Waals surface area contributed by atoms with Crippen molar-refractivity contribution in [3.63, 3.8) is 0 Å². The summed E-state index contributed by atoms with van der Waals surface area (Å²) < 4.78 is 12.3. The van der Waals surface area contributed by atoms with Gasteiger partial charge in [-0.2, -0.15) is 0 Å². The van der Waals surface area contributed by atoms with Gasteiger partial charge in [-0.25, -0.2) is 9.97 Å². The van der Waals surface area contributed by atoms with Gasteiger partial charge in [0.15, 0.2) is 0 Å². The first-order valence-electron chi connectivity index (χ1n) is 13.5. The largest absolute Gasteiger partial charge is 0.493 e. The summed E-state index contributed by atoms with van der Waals surface area (Å²) in [4.78, 5) is 16.4. The van der Waals surface area contributed by atoms with E-state index in [1.165, 1.54) is 0 Å². The van der Waals surface area contributed by atoms with Gasteiger partial charge in [0.05, 0.1) is 12.3 Å². The third-order valence-electron chi connectivity index (χ3n) is 6.94. The van der Waals surface area contributed by atoms with Gasteiger partial charge in [-0.1, -0.05) is 24.3 Å². The Hall–Kier alpha value is -3.46. The quantitative estimate of drug-likeness (QED) is 0.518. The molecule has 3 aromatic rings. The van der Waals surface area contributed by atoms with Crippen molar-refractivity contribution < 1.29 is 9.47 Å². The summed E-state index contributed by atoms with van der Waals surface area (Å²) in [6.07, 6.45) is 7.03. The van der Waals surface area contributed by atoms with Crippen LogP contribution in [0.1, 0.15) is 12.0 Å². The summed E-state index contributed by atoms with van der Waals surface area (Å²) in [7, 11) is 4.31. The lowest BCUT2D eigenvalue weighted by atomic mass is 10.1.